The van der Waals surface area contributed by atoms with Crippen molar-refractivity contribution in [1.82, 2.24) is 5.32 Å². The number of nitrogens with two attached hydrogens (primary N) is 1. The third-order valence-electron chi connectivity index (χ3n) is 2.61. The van der Waals surface area contributed by atoms with E-state index >= 15 is 0 Å². The molecule has 5 nitrogen and oxygen atoms in total. The van der Waals surface area contributed by atoms with Gasteiger partial charge in [0.15, 0.2) is 0 Å². The van der Waals surface area contributed by atoms with Gasteiger partial charge in [-0.1, -0.05) is 22.9 Å². The van der Waals surface area contributed by atoms with Crippen molar-refractivity contribution in [2.45, 2.75) is 13.3 Å². The fraction of sp³-hybridized carbons (Fsp3) is 0.333. The first-order valence-electron chi connectivity index (χ1n) is 5.51. The molecule has 0 saturated carbocycles. The van der Waals surface area contributed by atoms with Crippen LogP contribution < -0.4 is 11.1 Å². The summed E-state index contributed by atoms with van der Waals surface area (Å²) in [5.74, 6) is -1.85. The highest BCUT2D eigenvalue weighted by molar-refractivity contribution is 9.10. The maximum atomic E-state index is 11.8. The average Bonchev–Trinajstić information content (AvgIpc) is 2.28. The number of aliphatic carboxylic acids is 1. The predicted molar refractivity (Wildman–Crippen MR) is 72.3 cm³/mol. The number of nitrogen functional groups attached to an aromatic ring is 1. The molecular formula is C12H15BrN2O3. The highest BCUT2D eigenvalue weighted by Gasteiger charge is 2.17. The Morgan fingerprint density at radius 3 is 2.67 bits per heavy atom. The molecule has 0 aliphatic carbocycles. The number of halogens is 1. The lowest BCUT2D eigenvalue weighted by atomic mass is 10.1. The molecule has 0 spiro atoms. The summed E-state index contributed by atoms with van der Waals surface area (Å²) in [6.45, 7) is 1.86. The highest BCUT2D eigenvalue weighted by Crippen LogP contribution is 2.18. The van der Waals surface area contributed by atoms with Crippen molar-refractivity contribution in [3.63, 3.8) is 0 Å². The fourth-order valence-corrected chi connectivity index (χ4v) is 1.84. The first-order valence-corrected chi connectivity index (χ1v) is 6.31. The minimum absolute atomic E-state index is 0.0974. The van der Waals surface area contributed by atoms with Crippen LogP contribution in [0.1, 0.15) is 23.7 Å². The van der Waals surface area contributed by atoms with Gasteiger partial charge in [-0.25, -0.2) is 0 Å². The quantitative estimate of drug-likeness (QED) is 0.723. The zero-order valence-corrected chi connectivity index (χ0v) is 11.5. The number of benzene rings is 1. The fourth-order valence-electron chi connectivity index (χ4n) is 1.46. The second-order valence-corrected chi connectivity index (χ2v) is 4.80. The molecule has 0 aromatic heterocycles. The van der Waals surface area contributed by atoms with E-state index in [0.29, 0.717) is 17.7 Å². The monoisotopic (exact) mass is 314 g/mol. The van der Waals surface area contributed by atoms with Gasteiger partial charge in [0.25, 0.3) is 5.91 Å². The van der Waals surface area contributed by atoms with Gasteiger partial charge in [0.1, 0.15) is 0 Å². The molecule has 0 aliphatic rings. The normalized spacial score (nSPS) is 11.9. The zero-order chi connectivity index (χ0) is 13.7. The van der Waals surface area contributed by atoms with Crippen molar-refractivity contribution in [3.05, 3.63) is 28.2 Å². The number of carboxylic acid groups (broad SMARTS) is 1. The van der Waals surface area contributed by atoms with E-state index in [-0.39, 0.29) is 12.5 Å². The second kappa shape index (κ2) is 6.39. The lowest BCUT2D eigenvalue weighted by Crippen LogP contribution is -2.33. The maximum absolute atomic E-state index is 11.8. The predicted octanol–water partition coefficient (Wildman–Crippen LogP) is 1.87. The first-order chi connectivity index (χ1) is 8.45. The molecule has 6 heteroatoms. The van der Waals surface area contributed by atoms with Crippen LogP contribution in [-0.2, 0) is 4.79 Å². The number of carboxylic acids is 1. The Balaban J connectivity index is 2.68. The van der Waals surface area contributed by atoms with E-state index in [9.17, 15) is 9.59 Å². The third kappa shape index (κ3) is 3.73. The zero-order valence-electron chi connectivity index (χ0n) is 9.94. The Hall–Kier alpha value is -1.56. The van der Waals surface area contributed by atoms with E-state index in [2.05, 4.69) is 21.2 Å². The van der Waals surface area contributed by atoms with Crippen LogP contribution in [0.3, 0.4) is 0 Å². The molecule has 0 saturated heterocycles. The van der Waals surface area contributed by atoms with Crippen LogP contribution in [-0.4, -0.2) is 23.5 Å². The minimum atomic E-state index is -0.915. The van der Waals surface area contributed by atoms with Gasteiger partial charge in [-0.3, -0.25) is 9.59 Å². The topological polar surface area (TPSA) is 92.4 Å². The summed E-state index contributed by atoms with van der Waals surface area (Å²) in [6, 6.07) is 4.93. The van der Waals surface area contributed by atoms with Gasteiger partial charge in [0.2, 0.25) is 0 Å². The van der Waals surface area contributed by atoms with Crippen molar-refractivity contribution in [3.8, 4) is 0 Å². The van der Waals surface area contributed by atoms with Gasteiger partial charge in [-0.2, -0.15) is 0 Å². The van der Waals surface area contributed by atoms with Crippen LogP contribution in [0, 0.1) is 5.92 Å². The molecule has 0 heterocycles. The van der Waals surface area contributed by atoms with Crippen molar-refractivity contribution < 1.29 is 14.7 Å². The van der Waals surface area contributed by atoms with Gasteiger partial charge in [0.05, 0.1) is 11.5 Å². The standard InChI is InChI=1S/C12H15BrN2O3/c1-2-7(12(17)18)6-15-11(16)9-4-3-8(13)5-10(9)14/h3-5,7H,2,6,14H2,1H3,(H,15,16)(H,17,18). The lowest BCUT2D eigenvalue weighted by Gasteiger charge is -2.12. The van der Waals surface area contributed by atoms with Crippen molar-refractivity contribution in [1.29, 1.82) is 0 Å². The number of hydrogen-bond donors (Lipinski definition) is 3. The molecule has 0 bridgehead atoms. The van der Waals surface area contributed by atoms with Gasteiger partial charge in [0, 0.05) is 16.7 Å². The number of nitrogens with one attached hydrogen (secondary N) is 1. The Morgan fingerprint density at radius 2 is 2.17 bits per heavy atom. The van der Waals surface area contributed by atoms with Crippen LogP contribution in [0.15, 0.2) is 22.7 Å². The molecule has 1 amide bonds. The van der Waals surface area contributed by atoms with Gasteiger partial charge in [-0.15, -0.1) is 0 Å². The smallest absolute Gasteiger partial charge is 0.308 e. The highest BCUT2D eigenvalue weighted by atomic mass is 79.9. The Morgan fingerprint density at radius 1 is 1.50 bits per heavy atom. The lowest BCUT2D eigenvalue weighted by molar-refractivity contribution is -0.141. The second-order valence-electron chi connectivity index (χ2n) is 3.89. The van der Waals surface area contributed by atoms with E-state index in [1.54, 1.807) is 25.1 Å². The summed E-state index contributed by atoms with van der Waals surface area (Å²) in [4.78, 5) is 22.6. The molecule has 1 atom stereocenters. The number of carbonyl (C=O) groups is 2. The van der Waals surface area contributed by atoms with E-state index in [1.165, 1.54) is 0 Å². The number of hydrogen-bond acceptors (Lipinski definition) is 3. The number of anilines is 1. The Kier molecular flexibility index (Phi) is 5.15. The molecule has 18 heavy (non-hydrogen) atoms. The van der Waals surface area contributed by atoms with E-state index in [1.807, 2.05) is 0 Å². The van der Waals surface area contributed by atoms with E-state index < -0.39 is 11.9 Å². The minimum Gasteiger partial charge on any atom is -0.481 e. The van der Waals surface area contributed by atoms with Crippen molar-refractivity contribution >= 4 is 33.5 Å². The largest absolute Gasteiger partial charge is 0.481 e. The molecule has 98 valence electrons. The summed E-state index contributed by atoms with van der Waals surface area (Å²) in [5, 5.41) is 11.4. The van der Waals surface area contributed by atoms with Crippen LogP contribution in [0.5, 0.6) is 0 Å². The van der Waals surface area contributed by atoms with Gasteiger partial charge >= 0.3 is 5.97 Å². The van der Waals surface area contributed by atoms with Crippen molar-refractivity contribution in [2.75, 3.05) is 12.3 Å². The number of amides is 1. The average molecular weight is 315 g/mol. The summed E-state index contributed by atoms with van der Waals surface area (Å²) in [7, 11) is 0. The van der Waals surface area contributed by atoms with E-state index in [4.69, 9.17) is 10.8 Å². The molecular weight excluding hydrogens is 300 g/mol. The molecule has 0 fully saturated rings. The summed E-state index contributed by atoms with van der Waals surface area (Å²) < 4.78 is 0.786. The summed E-state index contributed by atoms with van der Waals surface area (Å²) in [6.07, 6.45) is 0.464. The molecule has 1 rings (SSSR count). The number of carbonyl (C=O) groups excluding carboxylic acids is 1. The molecule has 1 aromatic rings. The summed E-state index contributed by atoms with van der Waals surface area (Å²) in [5.41, 5.74) is 6.41. The van der Waals surface area contributed by atoms with Crippen LogP contribution >= 0.6 is 15.9 Å². The number of rotatable bonds is 5. The van der Waals surface area contributed by atoms with Crippen LogP contribution in [0.2, 0.25) is 0 Å². The molecule has 1 aromatic carbocycles. The van der Waals surface area contributed by atoms with Gasteiger partial charge in [-0.05, 0) is 24.6 Å². The van der Waals surface area contributed by atoms with Crippen molar-refractivity contribution in [2.24, 2.45) is 5.92 Å². The molecule has 0 radical (unpaired) electrons. The van der Waals surface area contributed by atoms with Crippen LogP contribution in [0.4, 0.5) is 5.69 Å². The Bertz CT molecular complexity index is 463. The molecule has 0 aliphatic heterocycles. The third-order valence-corrected chi connectivity index (χ3v) is 3.10. The maximum Gasteiger partial charge on any atom is 0.308 e. The first kappa shape index (κ1) is 14.5. The van der Waals surface area contributed by atoms with Gasteiger partial charge < -0.3 is 16.2 Å². The van der Waals surface area contributed by atoms with E-state index in [0.717, 1.165) is 4.47 Å². The Labute approximate surface area is 113 Å². The SMILES string of the molecule is CCC(CNC(=O)c1ccc(Br)cc1N)C(=O)O. The van der Waals surface area contributed by atoms with Crippen LogP contribution in [0.25, 0.3) is 0 Å². The molecule has 1 unspecified atom stereocenters. The molecule has 4 N–H and O–H groups in total. The summed E-state index contributed by atoms with van der Waals surface area (Å²) >= 11 is 3.25.